The van der Waals surface area contributed by atoms with E-state index in [0.717, 1.165) is 12.8 Å². The number of alkyl halides is 3. The minimum absolute atomic E-state index is 0.526. The zero-order chi connectivity index (χ0) is 9.61. The highest BCUT2D eigenvalue weighted by molar-refractivity contribution is 5.94. The van der Waals surface area contributed by atoms with Gasteiger partial charge in [0, 0.05) is 0 Å². The molecule has 0 rings (SSSR count). The summed E-state index contributed by atoms with van der Waals surface area (Å²) in [5.41, 5.74) is 0. The van der Waals surface area contributed by atoms with Crippen molar-refractivity contribution in [2.45, 2.75) is 32.4 Å². The molecule has 4 heteroatoms. The van der Waals surface area contributed by atoms with E-state index in [-0.39, 0.29) is 0 Å². The lowest BCUT2D eigenvalue weighted by molar-refractivity contribution is -0.165. The molecule has 0 unspecified atom stereocenters. The molecule has 0 bridgehead atoms. The summed E-state index contributed by atoms with van der Waals surface area (Å²) in [6.07, 6.45) is -0.623. The van der Waals surface area contributed by atoms with E-state index >= 15 is 0 Å². The molecule has 0 saturated carbocycles. The molecule has 0 fully saturated rings. The van der Waals surface area contributed by atoms with Gasteiger partial charge in [-0.25, -0.2) is 0 Å². The maximum absolute atomic E-state index is 11.6. The molecule has 0 heterocycles. The van der Waals surface area contributed by atoms with E-state index in [1.54, 1.807) is 0 Å². The third-order valence-corrected chi connectivity index (χ3v) is 1.27. The molecule has 0 saturated heterocycles. The van der Waals surface area contributed by atoms with Crippen LogP contribution in [0.4, 0.5) is 13.2 Å². The van der Waals surface area contributed by atoms with Crippen LogP contribution >= 0.6 is 0 Å². The Kier molecular flexibility index (Phi) is 4.62. The van der Waals surface area contributed by atoms with Gasteiger partial charge >= 0.3 is 6.18 Å². The Morgan fingerprint density at radius 3 is 2.42 bits per heavy atom. The van der Waals surface area contributed by atoms with Gasteiger partial charge in [-0.2, -0.15) is 13.2 Å². The number of allylic oxidation sites excluding steroid dienone is 2. The van der Waals surface area contributed by atoms with Gasteiger partial charge in [0.1, 0.15) is 0 Å². The molecule has 70 valence electrons. The van der Waals surface area contributed by atoms with Crippen LogP contribution < -0.4 is 0 Å². The van der Waals surface area contributed by atoms with E-state index in [1.165, 1.54) is 6.08 Å². The van der Waals surface area contributed by atoms with Crippen LogP contribution in [0.2, 0.25) is 0 Å². The Labute approximate surface area is 69.3 Å². The predicted molar refractivity (Wildman–Crippen MR) is 39.7 cm³/mol. The van der Waals surface area contributed by atoms with Gasteiger partial charge in [-0.05, 0) is 12.5 Å². The molecule has 0 amide bonds. The Morgan fingerprint density at radius 1 is 1.42 bits per heavy atom. The summed E-state index contributed by atoms with van der Waals surface area (Å²) in [5, 5.41) is 0. The van der Waals surface area contributed by atoms with Gasteiger partial charge in [0.15, 0.2) is 0 Å². The first-order chi connectivity index (χ1) is 5.48. The molecule has 0 aliphatic heterocycles. The lowest BCUT2D eigenvalue weighted by Gasteiger charge is -1.98. The van der Waals surface area contributed by atoms with Crippen LogP contribution in [0.1, 0.15) is 26.2 Å². The molecule has 0 aliphatic carbocycles. The Bertz CT molecular complexity index is 170. The van der Waals surface area contributed by atoms with E-state index in [0.29, 0.717) is 12.5 Å². The largest absolute Gasteiger partial charge is 0.454 e. The number of unbranched alkanes of at least 4 members (excludes halogenated alkanes) is 2. The number of halogens is 3. The summed E-state index contributed by atoms with van der Waals surface area (Å²) in [6.45, 7) is 1.93. The molecule has 0 aromatic carbocycles. The molecule has 0 N–H and O–H groups in total. The number of carbonyl (C=O) groups excluding carboxylic acids is 1. The molecule has 1 nitrogen and oxygen atoms in total. The average Bonchev–Trinajstić information content (AvgIpc) is 1.96. The second-order valence-electron chi connectivity index (χ2n) is 2.41. The Balaban J connectivity index is 3.77. The first-order valence-electron chi connectivity index (χ1n) is 3.76. The minimum Gasteiger partial charge on any atom is -0.285 e. The lowest BCUT2D eigenvalue weighted by Crippen LogP contribution is -2.19. The zero-order valence-electron chi connectivity index (χ0n) is 6.82. The summed E-state index contributed by atoms with van der Waals surface area (Å²) in [6, 6.07) is 0. The van der Waals surface area contributed by atoms with Crippen LogP contribution in [-0.2, 0) is 4.79 Å². The second kappa shape index (κ2) is 4.95. The SMILES string of the molecule is CCCCC=CC(=O)C(F)(F)F. The van der Waals surface area contributed by atoms with E-state index < -0.39 is 12.0 Å². The zero-order valence-corrected chi connectivity index (χ0v) is 6.82. The van der Waals surface area contributed by atoms with E-state index in [9.17, 15) is 18.0 Å². The molecule has 0 atom stereocenters. The van der Waals surface area contributed by atoms with Crippen LogP contribution in [-0.4, -0.2) is 12.0 Å². The molecule has 0 aromatic rings. The van der Waals surface area contributed by atoms with Crippen molar-refractivity contribution in [3.63, 3.8) is 0 Å². The van der Waals surface area contributed by atoms with Gasteiger partial charge in [-0.3, -0.25) is 4.79 Å². The fourth-order valence-corrected chi connectivity index (χ4v) is 0.607. The van der Waals surface area contributed by atoms with Crippen molar-refractivity contribution in [3.8, 4) is 0 Å². The van der Waals surface area contributed by atoms with Crippen molar-refractivity contribution in [3.05, 3.63) is 12.2 Å². The average molecular weight is 180 g/mol. The van der Waals surface area contributed by atoms with Crippen LogP contribution in [0.15, 0.2) is 12.2 Å². The predicted octanol–water partition coefficient (Wildman–Crippen LogP) is 2.86. The highest BCUT2D eigenvalue weighted by Crippen LogP contribution is 2.16. The highest BCUT2D eigenvalue weighted by Gasteiger charge is 2.35. The Morgan fingerprint density at radius 2 is 2.00 bits per heavy atom. The third kappa shape index (κ3) is 4.93. The van der Waals surface area contributed by atoms with Gasteiger partial charge in [0.25, 0.3) is 5.78 Å². The number of hydrogen-bond acceptors (Lipinski definition) is 1. The number of carbonyl (C=O) groups is 1. The first kappa shape index (κ1) is 11.2. The molecule has 0 spiro atoms. The van der Waals surface area contributed by atoms with E-state index in [4.69, 9.17) is 0 Å². The van der Waals surface area contributed by atoms with Crippen molar-refractivity contribution in [2.24, 2.45) is 0 Å². The third-order valence-electron chi connectivity index (χ3n) is 1.27. The van der Waals surface area contributed by atoms with Gasteiger partial charge in [0.05, 0.1) is 0 Å². The molecule has 0 aliphatic rings. The van der Waals surface area contributed by atoms with Crippen molar-refractivity contribution >= 4 is 5.78 Å². The normalized spacial score (nSPS) is 12.3. The van der Waals surface area contributed by atoms with Crippen molar-refractivity contribution in [2.75, 3.05) is 0 Å². The van der Waals surface area contributed by atoms with Gasteiger partial charge in [-0.15, -0.1) is 0 Å². The van der Waals surface area contributed by atoms with Crippen LogP contribution in [0.3, 0.4) is 0 Å². The maximum Gasteiger partial charge on any atom is 0.454 e. The maximum atomic E-state index is 11.6. The van der Waals surface area contributed by atoms with Crippen molar-refractivity contribution in [1.29, 1.82) is 0 Å². The second-order valence-corrected chi connectivity index (χ2v) is 2.41. The van der Waals surface area contributed by atoms with Crippen LogP contribution in [0, 0.1) is 0 Å². The summed E-state index contributed by atoms with van der Waals surface area (Å²) < 4.78 is 34.7. The fraction of sp³-hybridized carbons (Fsp3) is 0.625. The first-order valence-corrected chi connectivity index (χ1v) is 3.76. The summed E-state index contributed by atoms with van der Waals surface area (Å²) in [5.74, 6) is -1.78. The van der Waals surface area contributed by atoms with Gasteiger partial charge < -0.3 is 0 Å². The number of ketones is 1. The summed E-state index contributed by atoms with van der Waals surface area (Å²) in [4.78, 5) is 10.2. The van der Waals surface area contributed by atoms with Gasteiger partial charge in [0.2, 0.25) is 0 Å². The van der Waals surface area contributed by atoms with Crippen molar-refractivity contribution < 1.29 is 18.0 Å². The van der Waals surface area contributed by atoms with Crippen molar-refractivity contribution in [1.82, 2.24) is 0 Å². The number of rotatable bonds is 4. The Hall–Kier alpha value is -0.800. The molecule has 0 radical (unpaired) electrons. The number of hydrogen-bond donors (Lipinski definition) is 0. The molecular weight excluding hydrogens is 169 g/mol. The lowest BCUT2D eigenvalue weighted by atomic mass is 10.2. The van der Waals surface area contributed by atoms with Crippen LogP contribution in [0.5, 0.6) is 0 Å². The van der Waals surface area contributed by atoms with E-state index in [1.807, 2.05) is 6.92 Å². The highest BCUT2D eigenvalue weighted by atomic mass is 19.4. The minimum atomic E-state index is -4.72. The molecule has 0 aromatic heterocycles. The molecular formula is C8H11F3O. The standard InChI is InChI=1S/C8H11F3O/c1-2-3-4-5-6-7(12)8(9,10)11/h5-6H,2-4H2,1H3. The van der Waals surface area contributed by atoms with E-state index in [2.05, 4.69) is 0 Å². The van der Waals surface area contributed by atoms with Gasteiger partial charge in [-0.1, -0.05) is 25.8 Å². The topological polar surface area (TPSA) is 17.1 Å². The smallest absolute Gasteiger partial charge is 0.285 e. The van der Waals surface area contributed by atoms with Crippen LogP contribution in [0.25, 0.3) is 0 Å². The molecule has 12 heavy (non-hydrogen) atoms. The summed E-state index contributed by atoms with van der Waals surface area (Å²) in [7, 11) is 0. The fourth-order valence-electron chi connectivity index (χ4n) is 0.607. The quantitative estimate of drug-likeness (QED) is 0.480. The monoisotopic (exact) mass is 180 g/mol. The summed E-state index contributed by atoms with van der Waals surface area (Å²) >= 11 is 0.